The van der Waals surface area contributed by atoms with E-state index in [0.717, 1.165) is 5.69 Å². The molecule has 1 aliphatic heterocycles. The molecule has 0 aliphatic carbocycles. The summed E-state index contributed by atoms with van der Waals surface area (Å²) >= 11 is 0. The number of amides is 2. The average Bonchev–Trinajstić information content (AvgIpc) is 2.42. The zero-order valence-corrected chi connectivity index (χ0v) is 10.6. The number of ether oxygens (including phenoxy) is 1. The summed E-state index contributed by atoms with van der Waals surface area (Å²) in [7, 11) is 0. The molecule has 1 aromatic rings. The number of hydrogen-bond donors (Lipinski definition) is 1. The van der Waals surface area contributed by atoms with Crippen LogP contribution in [0, 0.1) is 0 Å². The molecule has 98 valence electrons. The third-order valence-electron chi connectivity index (χ3n) is 3.03. The topological polar surface area (TPSA) is 58.8 Å². The summed E-state index contributed by atoms with van der Waals surface area (Å²) in [6.07, 6.45) is 0. The summed E-state index contributed by atoms with van der Waals surface area (Å²) in [4.78, 5) is 16.0. The molecule has 0 atom stereocenters. The van der Waals surface area contributed by atoms with Gasteiger partial charge < -0.3 is 15.4 Å². The first-order chi connectivity index (χ1) is 8.72. The van der Waals surface area contributed by atoms with Crippen molar-refractivity contribution in [2.45, 2.75) is 6.92 Å². The maximum atomic E-state index is 12.4. The normalized spacial score (nSPS) is 15.5. The van der Waals surface area contributed by atoms with Gasteiger partial charge >= 0.3 is 6.03 Å². The molecule has 1 heterocycles. The Morgan fingerprint density at radius 2 is 1.94 bits per heavy atom. The fourth-order valence-corrected chi connectivity index (χ4v) is 2.01. The zero-order valence-electron chi connectivity index (χ0n) is 10.6. The zero-order chi connectivity index (χ0) is 13.0. The molecule has 0 saturated carbocycles. The molecular formula is C13H19N3O2. The first-order valence-corrected chi connectivity index (χ1v) is 6.22. The molecule has 1 aromatic carbocycles. The van der Waals surface area contributed by atoms with E-state index in [1.54, 1.807) is 4.90 Å². The van der Waals surface area contributed by atoms with Crippen molar-refractivity contribution in [3.8, 4) is 0 Å². The van der Waals surface area contributed by atoms with E-state index in [2.05, 4.69) is 0 Å². The largest absolute Gasteiger partial charge is 0.399 e. The summed E-state index contributed by atoms with van der Waals surface area (Å²) in [5, 5.41) is 0. The first-order valence-electron chi connectivity index (χ1n) is 6.22. The van der Waals surface area contributed by atoms with E-state index >= 15 is 0 Å². The number of carbonyl (C=O) groups excluding carboxylic acids is 1. The molecule has 1 fully saturated rings. The number of morpholine rings is 1. The molecule has 0 bridgehead atoms. The molecule has 0 aromatic heterocycles. The summed E-state index contributed by atoms with van der Waals surface area (Å²) < 4.78 is 5.26. The molecule has 5 heteroatoms. The van der Waals surface area contributed by atoms with Crippen LogP contribution in [0.1, 0.15) is 6.92 Å². The number of hydrogen-bond acceptors (Lipinski definition) is 3. The second-order valence-electron chi connectivity index (χ2n) is 4.22. The van der Waals surface area contributed by atoms with Crippen molar-refractivity contribution in [3.63, 3.8) is 0 Å². The number of nitrogen functional groups attached to an aromatic ring is 1. The Morgan fingerprint density at radius 1 is 1.33 bits per heavy atom. The van der Waals surface area contributed by atoms with Gasteiger partial charge in [-0.05, 0) is 31.2 Å². The lowest BCUT2D eigenvalue weighted by Crippen LogP contribution is -2.48. The van der Waals surface area contributed by atoms with E-state index in [9.17, 15) is 4.79 Å². The highest BCUT2D eigenvalue weighted by molar-refractivity contribution is 5.92. The minimum atomic E-state index is 0.0329. The predicted molar refractivity (Wildman–Crippen MR) is 71.7 cm³/mol. The van der Waals surface area contributed by atoms with Crippen molar-refractivity contribution in [3.05, 3.63) is 24.3 Å². The monoisotopic (exact) mass is 249 g/mol. The van der Waals surface area contributed by atoms with Gasteiger partial charge in [-0.3, -0.25) is 4.90 Å². The molecule has 1 saturated heterocycles. The van der Waals surface area contributed by atoms with Crippen LogP contribution in [0.4, 0.5) is 16.2 Å². The minimum absolute atomic E-state index is 0.0329. The van der Waals surface area contributed by atoms with Gasteiger partial charge in [0.05, 0.1) is 13.2 Å². The Kier molecular flexibility index (Phi) is 4.04. The van der Waals surface area contributed by atoms with Crippen LogP contribution in [0.25, 0.3) is 0 Å². The SMILES string of the molecule is CCN(C(=O)N1CCOCC1)c1ccc(N)cc1. The number of carbonyl (C=O) groups is 1. The maximum absolute atomic E-state index is 12.4. The predicted octanol–water partition coefficient (Wildman–Crippen LogP) is 1.55. The van der Waals surface area contributed by atoms with Crippen molar-refractivity contribution in [2.75, 3.05) is 43.5 Å². The molecule has 0 unspecified atom stereocenters. The van der Waals surface area contributed by atoms with Gasteiger partial charge in [-0.2, -0.15) is 0 Å². The van der Waals surface area contributed by atoms with E-state index in [4.69, 9.17) is 10.5 Å². The Balaban J connectivity index is 2.12. The van der Waals surface area contributed by atoms with Crippen LogP contribution >= 0.6 is 0 Å². The van der Waals surface area contributed by atoms with E-state index in [-0.39, 0.29) is 6.03 Å². The molecule has 5 nitrogen and oxygen atoms in total. The quantitative estimate of drug-likeness (QED) is 0.809. The van der Waals surface area contributed by atoms with Gasteiger partial charge in [-0.15, -0.1) is 0 Å². The molecule has 0 spiro atoms. The number of rotatable bonds is 2. The van der Waals surface area contributed by atoms with Crippen molar-refractivity contribution in [1.29, 1.82) is 0 Å². The highest BCUT2D eigenvalue weighted by Gasteiger charge is 2.22. The van der Waals surface area contributed by atoms with Crippen LogP contribution < -0.4 is 10.6 Å². The molecule has 1 aliphatic rings. The summed E-state index contributed by atoms with van der Waals surface area (Å²) in [5.41, 5.74) is 7.24. The number of benzene rings is 1. The lowest BCUT2D eigenvalue weighted by Gasteiger charge is -2.32. The number of anilines is 2. The number of nitrogens with zero attached hydrogens (tertiary/aromatic N) is 2. The lowest BCUT2D eigenvalue weighted by atomic mass is 10.2. The maximum Gasteiger partial charge on any atom is 0.324 e. The van der Waals surface area contributed by atoms with Crippen LogP contribution in [0.2, 0.25) is 0 Å². The Hall–Kier alpha value is -1.75. The summed E-state index contributed by atoms with van der Waals surface area (Å²) in [6.45, 7) is 5.15. The van der Waals surface area contributed by atoms with Crippen LogP contribution in [0.15, 0.2) is 24.3 Å². The van der Waals surface area contributed by atoms with Crippen LogP contribution in [0.3, 0.4) is 0 Å². The van der Waals surface area contributed by atoms with E-state index < -0.39 is 0 Å². The van der Waals surface area contributed by atoms with Crippen LogP contribution in [-0.2, 0) is 4.74 Å². The number of urea groups is 1. The van der Waals surface area contributed by atoms with Gasteiger partial charge in [0.15, 0.2) is 0 Å². The second kappa shape index (κ2) is 5.73. The lowest BCUT2D eigenvalue weighted by molar-refractivity contribution is 0.0549. The van der Waals surface area contributed by atoms with E-state index in [1.807, 2.05) is 36.1 Å². The Labute approximate surface area is 107 Å². The van der Waals surface area contributed by atoms with Gasteiger partial charge in [0.2, 0.25) is 0 Å². The standard InChI is InChI=1S/C13H19N3O2/c1-2-16(12-5-3-11(14)4-6-12)13(17)15-7-9-18-10-8-15/h3-6H,2,7-10,14H2,1H3. The van der Waals surface area contributed by atoms with Crippen molar-refractivity contribution in [2.24, 2.45) is 0 Å². The van der Waals surface area contributed by atoms with Crippen molar-refractivity contribution < 1.29 is 9.53 Å². The molecular weight excluding hydrogens is 230 g/mol. The minimum Gasteiger partial charge on any atom is -0.399 e. The third kappa shape index (κ3) is 2.73. The number of nitrogens with two attached hydrogens (primary N) is 1. The smallest absolute Gasteiger partial charge is 0.324 e. The highest BCUT2D eigenvalue weighted by atomic mass is 16.5. The van der Waals surface area contributed by atoms with Gasteiger partial charge in [0.25, 0.3) is 0 Å². The van der Waals surface area contributed by atoms with Crippen molar-refractivity contribution >= 4 is 17.4 Å². The Morgan fingerprint density at radius 3 is 2.50 bits per heavy atom. The van der Waals surface area contributed by atoms with Gasteiger partial charge in [0.1, 0.15) is 0 Å². The molecule has 2 amide bonds. The molecule has 0 radical (unpaired) electrons. The molecule has 2 N–H and O–H groups in total. The summed E-state index contributed by atoms with van der Waals surface area (Å²) in [5.74, 6) is 0. The van der Waals surface area contributed by atoms with Gasteiger partial charge in [0, 0.05) is 31.0 Å². The second-order valence-corrected chi connectivity index (χ2v) is 4.22. The fourth-order valence-electron chi connectivity index (χ4n) is 2.01. The van der Waals surface area contributed by atoms with Gasteiger partial charge in [-0.1, -0.05) is 0 Å². The Bertz CT molecular complexity index is 399. The molecule has 18 heavy (non-hydrogen) atoms. The van der Waals surface area contributed by atoms with Crippen molar-refractivity contribution in [1.82, 2.24) is 4.90 Å². The average molecular weight is 249 g/mol. The molecule has 2 rings (SSSR count). The van der Waals surface area contributed by atoms with E-state index in [0.29, 0.717) is 38.5 Å². The first kappa shape index (κ1) is 12.7. The third-order valence-corrected chi connectivity index (χ3v) is 3.03. The summed E-state index contributed by atoms with van der Waals surface area (Å²) in [6, 6.07) is 7.40. The highest BCUT2D eigenvalue weighted by Crippen LogP contribution is 2.18. The van der Waals surface area contributed by atoms with E-state index in [1.165, 1.54) is 0 Å². The van der Waals surface area contributed by atoms with Crippen LogP contribution in [0.5, 0.6) is 0 Å². The fraction of sp³-hybridized carbons (Fsp3) is 0.462. The van der Waals surface area contributed by atoms with Crippen LogP contribution in [-0.4, -0.2) is 43.8 Å². The van der Waals surface area contributed by atoms with Gasteiger partial charge in [-0.25, -0.2) is 4.79 Å².